The van der Waals surface area contributed by atoms with Crippen LogP contribution in [0.5, 0.6) is 0 Å². The molecule has 0 atom stereocenters. The molecule has 0 fully saturated rings. The Morgan fingerprint density at radius 1 is 0.151 bits per heavy atom. The number of rotatable bonds is 17. The molecule has 0 radical (unpaired) electrons. The summed E-state index contributed by atoms with van der Waals surface area (Å²) < 4.78 is 19.5. The van der Waals surface area contributed by atoms with Gasteiger partial charge in [-0.1, -0.05) is 352 Å². The van der Waals surface area contributed by atoms with Gasteiger partial charge in [0.1, 0.15) is 33.5 Å². The molecule has 0 amide bonds. The SMILES string of the molecule is c1ccc(-c2ccc3oc4ccc(N(c5ccc(-c6cccc7ccccc67)cc5)c5cccc([Si](c6ccccc6)(c6ccccc6)c6ccccc6)c5)cc4c3c2)cc1.c1ccc(-c2ccc3oc4ccc(N(c5cccc([Si](c6ccccc6)(c6ccccc6)c6ccccc6)c5)c5ccc6c(c5)oc5ccccc56)cc4c3c2)cc1. The van der Waals surface area contributed by atoms with Gasteiger partial charge in [0.25, 0.3) is 0 Å². The standard InChI is InChI=1S/C58H41NOSi.C54H37NO2Si/c1-5-17-42(18-6-1)45-33-37-57-55(39-45)56-41-48(36-38-58(56)60-57)59(46-34-31-44(32-35-46)54-30-15-20-43-19-13-14-29-53(43)54)47-21-16-28-52(40-47)61(49-22-7-2-8-23-49,50-24-9-3-10-25-50)51-26-11-4-12-27-51;1-5-16-38(17-6-1)39-28-32-52-49(34-39)50-36-41(30-33-53(50)56-52)55(42-29-31-48-47-26-13-14-27-51(47)57-54(48)37-42)40-18-15-25-46(35-40)58(43-19-7-2-8-20-43,44-21-9-3-10-22-44)45-23-11-4-12-24-45/h1-41H;1-37H. The number of benzene rings is 19. The summed E-state index contributed by atoms with van der Waals surface area (Å²) in [6, 6.07) is 172. The third-order valence-corrected chi connectivity index (χ3v) is 33.3. The van der Waals surface area contributed by atoms with Gasteiger partial charge in [0, 0.05) is 72.5 Å². The van der Waals surface area contributed by atoms with Gasteiger partial charge < -0.3 is 23.1 Å². The molecule has 0 bridgehead atoms. The van der Waals surface area contributed by atoms with Gasteiger partial charge in [0.15, 0.2) is 16.1 Å². The van der Waals surface area contributed by atoms with E-state index in [0.29, 0.717) is 0 Å². The van der Waals surface area contributed by atoms with Crippen molar-refractivity contribution in [2.45, 2.75) is 0 Å². The Morgan fingerprint density at radius 3 is 0.899 bits per heavy atom. The summed E-state index contributed by atoms with van der Waals surface area (Å²) in [5.74, 6) is 0. The average Bonchev–Trinajstić information content (AvgIpc) is 1.57. The normalized spacial score (nSPS) is 11.7. The Hall–Kier alpha value is -15.1. The quantitative estimate of drug-likeness (QED) is 0.0672. The van der Waals surface area contributed by atoms with E-state index in [4.69, 9.17) is 13.3 Å². The number of fused-ring (bicyclic) bond motifs is 10. The molecule has 0 N–H and O–H groups in total. The number of nitrogens with zero attached hydrogens (tertiary/aromatic N) is 2. The fraction of sp³-hybridized carbons (Fsp3) is 0. The first-order valence-corrected chi connectivity index (χ1v) is 44.7. The van der Waals surface area contributed by atoms with Gasteiger partial charge in [0.05, 0.1) is 0 Å². The molecule has 0 aliphatic heterocycles. The summed E-state index contributed by atoms with van der Waals surface area (Å²) in [7, 11) is -5.62. The lowest BCUT2D eigenvalue weighted by Gasteiger charge is -2.35. The monoisotopic (exact) mass is 1550 g/mol. The summed E-state index contributed by atoms with van der Waals surface area (Å²) in [6.07, 6.45) is 0. The fourth-order valence-corrected chi connectivity index (χ4v) is 27.9. The Bertz CT molecular complexity index is 7210. The predicted octanol–water partition coefficient (Wildman–Crippen LogP) is 24.9. The number of para-hydroxylation sites is 1. The maximum Gasteiger partial charge on any atom is 0.179 e. The second-order valence-electron chi connectivity index (χ2n) is 30.5. The van der Waals surface area contributed by atoms with Gasteiger partial charge in [0.2, 0.25) is 0 Å². The van der Waals surface area contributed by atoms with Crippen molar-refractivity contribution < 1.29 is 13.3 Å². The van der Waals surface area contributed by atoms with Gasteiger partial charge in [-0.25, -0.2) is 0 Å². The first-order valence-electron chi connectivity index (χ1n) is 40.7. The van der Waals surface area contributed by atoms with Crippen molar-refractivity contribution in [1.82, 2.24) is 0 Å². The zero-order valence-corrected chi connectivity index (χ0v) is 67.2. The third-order valence-electron chi connectivity index (χ3n) is 23.8. The van der Waals surface area contributed by atoms with Gasteiger partial charge >= 0.3 is 0 Å². The van der Waals surface area contributed by atoms with Crippen LogP contribution >= 0.6 is 0 Å². The highest BCUT2D eigenvalue weighted by molar-refractivity contribution is 7.20. The zero-order valence-electron chi connectivity index (χ0n) is 65.2. The van der Waals surface area contributed by atoms with Crippen molar-refractivity contribution in [3.8, 4) is 33.4 Å². The molecular formula is C112H78N2O3Si2. The first kappa shape index (κ1) is 71.6. The van der Waals surface area contributed by atoms with Crippen LogP contribution in [0, 0.1) is 0 Å². The Kier molecular flexibility index (Phi) is 18.6. The molecule has 562 valence electrons. The largest absolute Gasteiger partial charge is 0.456 e. The van der Waals surface area contributed by atoms with Crippen molar-refractivity contribution >= 4 is 168 Å². The number of furan rings is 3. The van der Waals surface area contributed by atoms with Gasteiger partial charge in [-0.3, -0.25) is 0 Å². The molecular weight excluding hydrogens is 1480 g/mol. The average molecular weight is 1560 g/mol. The maximum absolute atomic E-state index is 6.50. The zero-order chi connectivity index (χ0) is 79.1. The molecule has 119 heavy (non-hydrogen) atoms. The van der Waals surface area contributed by atoms with Crippen molar-refractivity contribution in [2.24, 2.45) is 0 Å². The molecule has 22 rings (SSSR count). The molecule has 19 aromatic carbocycles. The smallest absolute Gasteiger partial charge is 0.179 e. The molecule has 22 aromatic rings. The van der Waals surface area contributed by atoms with Crippen LogP contribution in [-0.4, -0.2) is 16.1 Å². The molecule has 0 saturated carbocycles. The van der Waals surface area contributed by atoms with Crippen molar-refractivity contribution in [1.29, 1.82) is 0 Å². The molecule has 0 unspecified atom stereocenters. The third kappa shape index (κ3) is 13.0. The summed E-state index contributed by atoms with van der Waals surface area (Å²) in [5, 5.41) is 19.7. The predicted molar refractivity (Wildman–Crippen MR) is 505 cm³/mol. The molecule has 5 nitrogen and oxygen atoms in total. The fourth-order valence-electron chi connectivity index (χ4n) is 18.3. The van der Waals surface area contributed by atoms with Gasteiger partial charge in [-0.2, -0.15) is 0 Å². The first-order chi connectivity index (χ1) is 59.0. The van der Waals surface area contributed by atoms with Crippen LogP contribution in [0.4, 0.5) is 34.1 Å². The van der Waals surface area contributed by atoms with E-state index in [1.165, 1.54) is 80.1 Å². The van der Waals surface area contributed by atoms with E-state index in [0.717, 1.165) is 106 Å². The summed E-state index contributed by atoms with van der Waals surface area (Å²) in [4.78, 5) is 4.78. The number of hydrogen-bond donors (Lipinski definition) is 0. The number of hydrogen-bond acceptors (Lipinski definition) is 5. The minimum absolute atomic E-state index is 0.851. The highest BCUT2D eigenvalue weighted by atomic mass is 28.3. The number of anilines is 6. The van der Waals surface area contributed by atoms with Crippen molar-refractivity contribution in [2.75, 3.05) is 9.80 Å². The van der Waals surface area contributed by atoms with E-state index in [9.17, 15) is 0 Å². The van der Waals surface area contributed by atoms with Crippen LogP contribution in [-0.2, 0) is 0 Å². The van der Waals surface area contributed by atoms with Gasteiger partial charge in [-0.05, 0) is 201 Å². The van der Waals surface area contributed by atoms with E-state index in [1.54, 1.807) is 0 Å². The highest BCUT2D eigenvalue weighted by Gasteiger charge is 2.43. The summed E-state index contributed by atoms with van der Waals surface area (Å²) in [6.45, 7) is 0. The van der Waals surface area contributed by atoms with Crippen LogP contribution < -0.4 is 51.3 Å². The maximum atomic E-state index is 6.50. The Morgan fingerprint density at radius 2 is 0.445 bits per heavy atom. The summed E-state index contributed by atoms with van der Waals surface area (Å²) in [5.41, 5.74) is 18.6. The lowest BCUT2D eigenvalue weighted by atomic mass is 9.98. The van der Waals surface area contributed by atoms with Crippen LogP contribution in [0.15, 0.2) is 486 Å². The topological polar surface area (TPSA) is 45.9 Å². The molecule has 0 saturated heterocycles. The molecule has 0 spiro atoms. The minimum atomic E-state index is -2.81. The second-order valence-corrected chi connectivity index (χ2v) is 38.2. The lowest BCUT2D eigenvalue weighted by Crippen LogP contribution is -2.74. The van der Waals surface area contributed by atoms with E-state index >= 15 is 0 Å². The lowest BCUT2D eigenvalue weighted by molar-refractivity contribution is 0.668. The van der Waals surface area contributed by atoms with E-state index in [1.807, 2.05) is 12.1 Å². The molecule has 0 aliphatic rings. The van der Waals surface area contributed by atoms with Gasteiger partial charge in [-0.15, -0.1) is 0 Å². The molecule has 0 aliphatic carbocycles. The molecule has 3 aromatic heterocycles. The molecule has 3 heterocycles. The van der Waals surface area contributed by atoms with Crippen LogP contribution in [0.1, 0.15) is 0 Å². The minimum Gasteiger partial charge on any atom is -0.456 e. The summed E-state index contributed by atoms with van der Waals surface area (Å²) >= 11 is 0. The highest BCUT2D eigenvalue weighted by Crippen LogP contribution is 2.44. The van der Waals surface area contributed by atoms with Crippen LogP contribution in [0.3, 0.4) is 0 Å². The van der Waals surface area contributed by atoms with E-state index in [-0.39, 0.29) is 0 Å². The van der Waals surface area contributed by atoms with Crippen LogP contribution in [0.25, 0.3) is 110 Å². The van der Waals surface area contributed by atoms with E-state index < -0.39 is 16.1 Å². The Balaban J connectivity index is 0.000000148. The van der Waals surface area contributed by atoms with Crippen LogP contribution in [0.2, 0.25) is 0 Å². The van der Waals surface area contributed by atoms with Crippen molar-refractivity contribution in [3.05, 3.63) is 473 Å². The molecule has 7 heteroatoms. The van der Waals surface area contributed by atoms with E-state index in [2.05, 4.69) is 471 Å². The van der Waals surface area contributed by atoms with Crippen molar-refractivity contribution in [3.63, 3.8) is 0 Å². The Labute approximate surface area is 693 Å². The second kappa shape index (κ2) is 30.9.